The van der Waals surface area contributed by atoms with Crippen LogP contribution in [0.25, 0.3) is 0 Å². The standard InChI is InChI=1S/C24H34F2O/c1-17-19(15-21(25)16-23(17)26)10-9-18-7-6-13-24(2)20(11-12-22(18)24)8-4-3-5-14-27/h9-11,21-23,27H,1,3-8,12-16H2,2H3/b18-9+,19-10-. The predicted octanol–water partition coefficient (Wildman–Crippen LogP) is 6.55. The molecule has 0 amide bonds. The van der Waals surface area contributed by atoms with Crippen LogP contribution in [-0.4, -0.2) is 24.1 Å². The lowest BCUT2D eigenvalue weighted by Crippen LogP contribution is -2.30. The molecule has 0 aliphatic heterocycles. The number of hydrogen-bond donors (Lipinski definition) is 1. The lowest BCUT2D eigenvalue weighted by molar-refractivity contribution is 0.222. The van der Waals surface area contributed by atoms with Gasteiger partial charge < -0.3 is 5.11 Å². The molecular formula is C24H34F2O. The van der Waals surface area contributed by atoms with Crippen LogP contribution in [0, 0.1) is 11.3 Å². The molecule has 0 heterocycles. The number of rotatable bonds is 6. The maximum Gasteiger partial charge on any atom is 0.128 e. The maximum absolute atomic E-state index is 13.9. The highest BCUT2D eigenvalue weighted by Crippen LogP contribution is 2.55. The average molecular weight is 377 g/mol. The van der Waals surface area contributed by atoms with Gasteiger partial charge >= 0.3 is 0 Å². The van der Waals surface area contributed by atoms with Gasteiger partial charge in [-0.1, -0.05) is 49.3 Å². The molecule has 4 unspecified atom stereocenters. The fourth-order valence-corrected chi connectivity index (χ4v) is 5.30. The van der Waals surface area contributed by atoms with Gasteiger partial charge in [-0.15, -0.1) is 0 Å². The summed E-state index contributed by atoms with van der Waals surface area (Å²) in [5.41, 5.74) is 4.46. The molecule has 0 aromatic heterocycles. The Morgan fingerprint density at radius 3 is 2.85 bits per heavy atom. The topological polar surface area (TPSA) is 20.2 Å². The van der Waals surface area contributed by atoms with Gasteiger partial charge in [-0.2, -0.15) is 0 Å². The second-order valence-electron chi connectivity index (χ2n) is 8.79. The second-order valence-corrected chi connectivity index (χ2v) is 8.79. The normalized spacial score (nSPS) is 37.0. The number of allylic oxidation sites excluding steroid dienone is 7. The number of halogens is 2. The Kier molecular flexibility index (Phi) is 6.73. The smallest absolute Gasteiger partial charge is 0.128 e. The van der Waals surface area contributed by atoms with Gasteiger partial charge in [-0.05, 0) is 67.4 Å². The van der Waals surface area contributed by atoms with Crippen LogP contribution in [0.1, 0.15) is 71.1 Å². The van der Waals surface area contributed by atoms with Gasteiger partial charge in [0.2, 0.25) is 0 Å². The molecule has 4 atom stereocenters. The summed E-state index contributed by atoms with van der Waals surface area (Å²) in [5.74, 6) is 0.523. The zero-order valence-electron chi connectivity index (χ0n) is 16.7. The molecule has 0 aromatic carbocycles. The first-order valence-electron chi connectivity index (χ1n) is 10.6. The molecule has 3 heteroatoms. The van der Waals surface area contributed by atoms with Crippen molar-refractivity contribution < 1.29 is 13.9 Å². The molecule has 2 fully saturated rings. The largest absolute Gasteiger partial charge is 0.396 e. The van der Waals surface area contributed by atoms with Gasteiger partial charge in [0.1, 0.15) is 12.3 Å². The summed E-state index contributed by atoms with van der Waals surface area (Å²) >= 11 is 0. The molecule has 0 aromatic rings. The monoisotopic (exact) mass is 376 g/mol. The molecule has 27 heavy (non-hydrogen) atoms. The summed E-state index contributed by atoms with van der Waals surface area (Å²) < 4.78 is 27.7. The third-order valence-electron chi connectivity index (χ3n) is 7.01. The molecule has 3 rings (SSSR count). The lowest BCUT2D eigenvalue weighted by Gasteiger charge is -2.41. The van der Waals surface area contributed by atoms with Crippen LogP contribution in [0.15, 0.2) is 47.1 Å². The maximum atomic E-state index is 13.9. The van der Waals surface area contributed by atoms with Crippen molar-refractivity contribution in [3.05, 3.63) is 47.1 Å². The van der Waals surface area contributed by atoms with E-state index in [-0.39, 0.29) is 18.4 Å². The fourth-order valence-electron chi connectivity index (χ4n) is 5.30. The van der Waals surface area contributed by atoms with Crippen LogP contribution < -0.4 is 0 Å². The minimum absolute atomic E-state index is 0.0446. The van der Waals surface area contributed by atoms with E-state index in [0.29, 0.717) is 17.9 Å². The molecule has 0 saturated heterocycles. The van der Waals surface area contributed by atoms with Crippen molar-refractivity contribution in [1.29, 1.82) is 0 Å². The predicted molar refractivity (Wildman–Crippen MR) is 108 cm³/mol. The van der Waals surface area contributed by atoms with Crippen LogP contribution in [0.3, 0.4) is 0 Å². The van der Waals surface area contributed by atoms with Crippen molar-refractivity contribution in [1.82, 2.24) is 0 Å². The number of fused-ring (bicyclic) bond motifs is 1. The van der Waals surface area contributed by atoms with E-state index in [2.05, 4.69) is 25.7 Å². The molecular weight excluding hydrogens is 342 g/mol. The fraction of sp³-hybridized carbons (Fsp3) is 0.667. The summed E-state index contributed by atoms with van der Waals surface area (Å²) in [4.78, 5) is 0. The van der Waals surface area contributed by atoms with Crippen molar-refractivity contribution in [2.24, 2.45) is 11.3 Å². The van der Waals surface area contributed by atoms with Crippen molar-refractivity contribution in [3.63, 3.8) is 0 Å². The van der Waals surface area contributed by atoms with Crippen LogP contribution in [0.2, 0.25) is 0 Å². The molecule has 0 spiro atoms. The van der Waals surface area contributed by atoms with Crippen molar-refractivity contribution in [2.45, 2.75) is 83.5 Å². The van der Waals surface area contributed by atoms with Gasteiger partial charge in [0, 0.05) is 19.4 Å². The van der Waals surface area contributed by atoms with Gasteiger partial charge in [-0.3, -0.25) is 0 Å². The molecule has 150 valence electrons. The molecule has 2 saturated carbocycles. The van der Waals surface area contributed by atoms with Gasteiger partial charge in [0.15, 0.2) is 0 Å². The van der Waals surface area contributed by atoms with Crippen molar-refractivity contribution >= 4 is 0 Å². The summed E-state index contributed by atoms with van der Waals surface area (Å²) in [5, 5.41) is 8.97. The molecule has 1 nitrogen and oxygen atoms in total. The molecule has 3 aliphatic rings. The van der Waals surface area contributed by atoms with Gasteiger partial charge in [0.05, 0.1) is 0 Å². The van der Waals surface area contributed by atoms with E-state index in [1.807, 2.05) is 6.08 Å². The number of aliphatic hydroxyl groups is 1. The van der Waals surface area contributed by atoms with Crippen molar-refractivity contribution in [2.75, 3.05) is 6.61 Å². The molecule has 0 radical (unpaired) electrons. The Bertz CT molecular complexity index is 645. The minimum atomic E-state index is -1.24. The number of aliphatic hydroxyl groups excluding tert-OH is 1. The quantitative estimate of drug-likeness (QED) is 0.411. The highest BCUT2D eigenvalue weighted by molar-refractivity contribution is 5.40. The van der Waals surface area contributed by atoms with E-state index in [1.165, 1.54) is 18.4 Å². The molecule has 0 bridgehead atoms. The number of hydrogen-bond acceptors (Lipinski definition) is 1. The summed E-state index contributed by atoms with van der Waals surface area (Å²) in [6.45, 7) is 6.53. The minimum Gasteiger partial charge on any atom is -0.396 e. The van der Waals surface area contributed by atoms with Crippen molar-refractivity contribution in [3.8, 4) is 0 Å². The van der Waals surface area contributed by atoms with E-state index < -0.39 is 12.3 Å². The molecule has 3 aliphatic carbocycles. The summed E-state index contributed by atoms with van der Waals surface area (Å²) in [7, 11) is 0. The van der Waals surface area contributed by atoms with Gasteiger partial charge in [0.25, 0.3) is 0 Å². The van der Waals surface area contributed by atoms with E-state index in [4.69, 9.17) is 5.11 Å². The van der Waals surface area contributed by atoms with Crippen LogP contribution in [0.5, 0.6) is 0 Å². The van der Waals surface area contributed by atoms with Crippen LogP contribution in [-0.2, 0) is 0 Å². The lowest BCUT2D eigenvalue weighted by atomic mass is 9.63. The summed E-state index contributed by atoms with van der Waals surface area (Å²) in [6.07, 6.45) is 13.3. The number of alkyl halides is 2. The zero-order valence-corrected chi connectivity index (χ0v) is 16.7. The Morgan fingerprint density at radius 2 is 2.07 bits per heavy atom. The first-order chi connectivity index (χ1) is 13.0. The SMILES string of the molecule is C=C1/C(=C\C=C2/CCCC3(C)C(CCCCCO)=CCC23)CC(F)CC1F. The number of unbranched alkanes of at least 4 members (excludes halogenated alkanes) is 2. The Morgan fingerprint density at radius 1 is 1.26 bits per heavy atom. The molecule has 1 N–H and O–H groups in total. The van der Waals surface area contributed by atoms with Crippen LogP contribution >= 0.6 is 0 Å². The highest BCUT2D eigenvalue weighted by atomic mass is 19.1. The highest BCUT2D eigenvalue weighted by Gasteiger charge is 2.44. The van der Waals surface area contributed by atoms with E-state index in [9.17, 15) is 8.78 Å². The average Bonchev–Trinajstić information content (AvgIpc) is 2.97. The van der Waals surface area contributed by atoms with E-state index in [1.54, 1.807) is 5.57 Å². The Labute approximate surface area is 162 Å². The Hall–Kier alpha value is -1.22. The second kappa shape index (κ2) is 8.86. The van der Waals surface area contributed by atoms with E-state index in [0.717, 1.165) is 44.1 Å². The third-order valence-corrected chi connectivity index (χ3v) is 7.01. The third kappa shape index (κ3) is 4.45. The first kappa shape index (κ1) is 20.5. The van der Waals surface area contributed by atoms with Crippen LogP contribution in [0.4, 0.5) is 8.78 Å². The Balaban J connectivity index is 1.70. The van der Waals surface area contributed by atoms with E-state index >= 15 is 0 Å². The summed E-state index contributed by atoms with van der Waals surface area (Å²) in [6, 6.07) is 0. The zero-order chi connectivity index (χ0) is 19.4. The first-order valence-corrected chi connectivity index (χ1v) is 10.6. The van der Waals surface area contributed by atoms with Gasteiger partial charge in [-0.25, -0.2) is 8.78 Å².